The summed E-state index contributed by atoms with van der Waals surface area (Å²) in [6.07, 6.45) is 1.69. The van der Waals surface area contributed by atoms with Crippen LogP contribution >= 0.6 is 11.6 Å². The largest absolute Gasteiger partial charge is 0.382 e. The fourth-order valence-electron chi connectivity index (χ4n) is 2.31. The zero-order valence-electron chi connectivity index (χ0n) is 15.2. The number of nitrogens with two attached hydrogens (primary N) is 1. The first kappa shape index (κ1) is 20.4. The second-order valence-corrected chi connectivity index (χ2v) is 5.32. The van der Waals surface area contributed by atoms with Gasteiger partial charge in [-0.05, 0) is 24.6 Å². The molecule has 1 heterocycles. The number of nitrogen functional groups attached to an aromatic ring is 1. The molecule has 0 aliphatic rings. The van der Waals surface area contributed by atoms with E-state index in [1.54, 1.807) is 37.1 Å². The Kier molecular flexibility index (Phi) is 7.83. The van der Waals surface area contributed by atoms with Crippen molar-refractivity contribution in [3.8, 4) is 17.2 Å². The van der Waals surface area contributed by atoms with Crippen molar-refractivity contribution in [1.29, 1.82) is 5.26 Å². The third kappa shape index (κ3) is 4.68. The van der Waals surface area contributed by atoms with Crippen molar-refractivity contribution < 1.29 is 0 Å². The first-order chi connectivity index (χ1) is 12.0. The zero-order valence-corrected chi connectivity index (χ0v) is 16.0. The number of hydrogen-bond donors (Lipinski definition) is 1. The van der Waals surface area contributed by atoms with Gasteiger partial charge in [-0.15, -0.1) is 0 Å². The highest BCUT2D eigenvalue weighted by Crippen LogP contribution is 2.32. The van der Waals surface area contributed by atoms with Crippen LogP contribution in [0.3, 0.4) is 0 Å². The first-order valence-electron chi connectivity index (χ1n) is 7.92. The minimum Gasteiger partial charge on any atom is -0.382 e. The van der Waals surface area contributed by atoms with E-state index in [1.807, 2.05) is 32.9 Å². The number of benzene rings is 1. The number of aliphatic imine (C=N–C) groups is 2. The van der Waals surface area contributed by atoms with Crippen molar-refractivity contribution in [1.82, 2.24) is 9.78 Å². The van der Waals surface area contributed by atoms with Crippen LogP contribution in [0.25, 0.3) is 11.1 Å². The molecule has 2 rings (SSSR count). The van der Waals surface area contributed by atoms with Crippen LogP contribution in [0.15, 0.2) is 28.2 Å². The monoisotopic (exact) mass is 358 g/mol. The van der Waals surface area contributed by atoms with Crippen LogP contribution in [0.4, 0.5) is 5.82 Å². The van der Waals surface area contributed by atoms with E-state index in [0.29, 0.717) is 22.9 Å². The number of nitrogens with zero attached hydrogens (tertiary/aromatic N) is 5. The maximum Gasteiger partial charge on any atom is 0.153 e. The lowest BCUT2D eigenvalue weighted by atomic mass is 10.0. The standard InChI is InChI=1S/C16H17ClN6.C2H6/c1-10-15(11-4-5-12(7-18)14(17)6-11)16(19)22-23(10)9-13(21-3)8-20-2;1-2/h4-6,8H,9H2,1-3H3,(H2,19,22);1-2H3. The molecule has 0 aliphatic heterocycles. The molecule has 0 bridgehead atoms. The molecule has 132 valence electrons. The maximum atomic E-state index is 8.97. The molecule has 1 aromatic heterocycles. The van der Waals surface area contributed by atoms with Crippen molar-refractivity contribution in [2.75, 3.05) is 19.8 Å². The highest BCUT2D eigenvalue weighted by molar-refractivity contribution is 6.32. The Morgan fingerprint density at radius 3 is 2.60 bits per heavy atom. The van der Waals surface area contributed by atoms with E-state index in [0.717, 1.165) is 22.5 Å². The van der Waals surface area contributed by atoms with Crippen LogP contribution in [-0.2, 0) is 6.54 Å². The first-order valence-corrected chi connectivity index (χ1v) is 8.30. The van der Waals surface area contributed by atoms with Gasteiger partial charge in [-0.25, -0.2) is 0 Å². The summed E-state index contributed by atoms with van der Waals surface area (Å²) in [5, 5.41) is 13.7. The topological polar surface area (TPSA) is 92.4 Å². The van der Waals surface area contributed by atoms with E-state index in [1.165, 1.54) is 0 Å². The summed E-state index contributed by atoms with van der Waals surface area (Å²) < 4.78 is 1.78. The summed E-state index contributed by atoms with van der Waals surface area (Å²) >= 11 is 6.11. The van der Waals surface area contributed by atoms with Crippen molar-refractivity contribution in [3.63, 3.8) is 0 Å². The quantitative estimate of drug-likeness (QED) is 0.843. The number of halogens is 1. The molecule has 0 radical (unpaired) electrons. The average Bonchev–Trinajstić information content (AvgIpc) is 2.89. The molecule has 1 aromatic carbocycles. The number of hydrogen-bond acceptors (Lipinski definition) is 5. The van der Waals surface area contributed by atoms with Crippen LogP contribution in [0, 0.1) is 18.3 Å². The molecule has 0 aliphatic carbocycles. The third-order valence-corrected chi connectivity index (χ3v) is 3.80. The normalized spacial score (nSPS) is 11.2. The summed E-state index contributed by atoms with van der Waals surface area (Å²) in [6, 6.07) is 7.27. The molecule has 25 heavy (non-hydrogen) atoms. The zero-order chi connectivity index (χ0) is 19.0. The smallest absolute Gasteiger partial charge is 0.153 e. The molecule has 0 saturated carbocycles. The molecule has 0 amide bonds. The SMILES string of the molecule is CC.CN=CC(Cn1nc(N)c(-c2ccc(C#N)c(Cl)c2)c1C)=NC. The van der Waals surface area contributed by atoms with Crippen molar-refractivity contribution in [3.05, 3.63) is 34.5 Å². The predicted octanol–water partition coefficient (Wildman–Crippen LogP) is 3.76. The van der Waals surface area contributed by atoms with Crippen LogP contribution in [0.5, 0.6) is 0 Å². The molecule has 7 heteroatoms. The molecule has 0 unspecified atom stereocenters. The molecule has 0 atom stereocenters. The summed E-state index contributed by atoms with van der Waals surface area (Å²) in [4.78, 5) is 8.15. The highest BCUT2D eigenvalue weighted by atomic mass is 35.5. The molecular formula is C18H23ClN6. The molecular weight excluding hydrogens is 336 g/mol. The molecule has 0 saturated heterocycles. The van der Waals surface area contributed by atoms with Gasteiger partial charge < -0.3 is 5.73 Å². The third-order valence-electron chi connectivity index (χ3n) is 3.49. The van der Waals surface area contributed by atoms with E-state index in [-0.39, 0.29) is 0 Å². The van der Waals surface area contributed by atoms with Gasteiger partial charge in [0.2, 0.25) is 0 Å². The lowest BCUT2D eigenvalue weighted by molar-refractivity contribution is 0.706. The summed E-state index contributed by atoms with van der Waals surface area (Å²) in [7, 11) is 3.40. The van der Waals surface area contributed by atoms with Crippen LogP contribution in [-0.4, -0.2) is 35.8 Å². The van der Waals surface area contributed by atoms with Crippen molar-refractivity contribution in [2.45, 2.75) is 27.3 Å². The number of aromatic nitrogens is 2. The van der Waals surface area contributed by atoms with Crippen LogP contribution < -0.4 is 5.73 Å². The van der Waals surface area contributed by atoms with Crippen molar-refractivity contribution in [2.24, 2.45) is 9.98 Å². The van der Waals surface area contributed by atoms with E-state index in [9.17, 15) is 0 Å². The van der Waals surface area contributed by atoms with Gasteiger partial charge in [-0.3, -0.25) is 14.7 Å². The van der Waals surface area contributed by atoms with E-state index in [4.69, 9.17) is 22.6 Å². The van der Waals surface area contributed by atoms with Crippen LogP contribution in [0.1, 0.15) is 25.1 Å². The van der Waals surface area contributed by atoms with Gasteiger partial charge in [0.15, 0.2) is 5.82 Å². The number of anilines is 1. The summed E-state index contributed by atoms with van der Waals surface area (Å²) in [5.74, 6) is 0.409. The summed E-state index contributed by atoms with van der Waals surface area (Å²) in [6.45, 7) is 6.41. The lowest BCUT2D eigenvalue weighted by Crippen LogP contribution is -2.14. The molecule has 2 N–H and O–H groups in total. The average molecular weight is 359 g/mol. The van der Waals surface area contributed by atoms with Gasteiger partial charge >= 0.3 is 0 Å². The molecule has 0 spiro atoms. The lowest BCUT2D eigenvalue weighted by Gasteiger charge is -2.06. The second kappa shape index (κ2) is 9.60. The van der Waals surface area contributed by atoms with Gasteiger partial charge in [0.05, 0.1) is 22.8 Å². The number of nitriles is 1. The Labute approximate surface area is 153 Å². The molecule has 6 nitrogen and oxygen atoms in total. The number of rotatable bonds is 4. The fraction of sp³-hybridized carbons (Fsp3) is 0.333. The second-order valence-electron chi connectivity index (χ2n) is 4.91. The Morgan fingerprint density at radius 2 is 2.08 bits per heavy atom. The van der Waals surface area contributed by atoms with Gasteiger partial charge in [-0.2, -0.15) is 10.4 Å². The van der Waals surface area contributed by atoms with Gasteiger partial charge in [0.25, 0.3) is 0 Å². The molecule has 2 aromatic rings. The Hall–Kier alpha value is -2.65. The van der Waals surface area contributed by atoms with E-state index in [2.05, 4.69) is 15.1 Å². The van der Waals surface area contributed by atoms with Gasteiger partial charge in [0.1, 0.15) is 6.07 Å². The van der Waals surface area contributed by atoms with Crippen LogP contribution in [0.2, 0.25) is 5.02 Å². The van der Waals surface area contributed by atoms with E-state index >= 15 is 0 Å². The fourth-order valence-corrected chi connectivity index (χ4v) is 2.54. The summed E-state index contributed by atoms with van der Waals surface area (Å²) in [5.41, 5.74) is 9.83. The molecule has 0 fully saturated rings. The predicted molar refractivity (Wildman–Crippen MR) is 106 cm³/mol. The maximum absolute atomic E-state index is 8.97. The minimum absolute atomic E-state index is 0.394. The van der Waals surface area contributed by atoms with Crippen molar-refractivity contribution >= 4 is 29.3 Å². The Morgan fingerprint density at radius 1 is 1.40 bits per heavy atom. The Bertz CT molecular complexity index is 827. The minimum atomic E-state index is 0.394. The van der Waals surface area contributed by atoms with Gasteiger partial charge in [0, 0.05) is 31.6 Å². The van der Waals surface area contributed by atoms with Gasteiger partial charge in [-0.1, -0.05) is 31.5 Å². The Balaban J connectivity index is 0.00000151. The van der Waals surface area contributed by atoms with E-state index < -0.39 is 0 Å². The highest BCUT2D eigenvalue weighted by Gasteiger charge is 2.16.